The highest BCUT2D eigenvalue weighted by molar-refractivity contribution is 5.78. The number of rotatable bonds is 5. The number of nitrogens with two attached hydrogens (primary N) is 1. The minimum atomic E-state index is -0.433. The fourth-order valence-corrected chi connectivity index (χ4v) is 4.29. The van der Waals surface area contributed by atoms with E-state index in [1.807, 2.05) is 44.2 Å². The summed E-state index contributed by atoms with van der Waals surface area (Å²) in [6, 6.07) is 10.1. The Kier molecular flexibility index (Phi) is 5.14. The minimum Gasteiger partial charge on any atom is -0.486 e. The average molecular weight is 330 g/mol. The third-order valence-corrected chi connectivity index (χ3v) is 5.61. The quantitative estimate of drug-likeness (QED) is 0.872. The lowest BCUT2D eigenvalue weighted by atomic mass is 9.65. The van der Waals surface area contributed by atoms with Crippen molar-refractivity contribution >= 4 is 5.91 Å². The molecule has 0 radical (unpaired) electrons. The van der Waals surface area contributed by atoms with E-state index < -0.39 is 5.60 Å². The molecule has 0 spiro atoms. The topological polar surface area (TPSA) is 64.4 Å². The van der Waals surface area contributed by atoms with Crippen molar-refractivity contribution in [1.29, 1.82) is 0 Å². The number of carbonyl (C=O) groups excluding carboxylic acids is 1. The van der Waals surface area contributed by atoms with Crippen LogP contribution in [0.1, 0.15) is 46.0 Å². The van der Waals surface area contributed by atoms with Crippen LogP contribution in [0.4, 0.5) is 0 Å². The second-order valence-electron chi connectivity index (χ2n) is 8.09. The number of ether oxygens (including phenoxy) is 1. The number of hydrogen-bond donors (Lipinski definition) is 2. The zero-order valence-corrected chi connectivity index (χ0v) is 14.8. The lowest BCUT2D eigenvalue weighted by Gasteiger charge is -2.43. The van der Waals surface area contributed by atoms with Gasteiger partial charge < -0.3 is 15.8 Å². The van der Waals surface area contributed by atoms with E-state index in [0.29, 0.717) is 24.4 Å². The largest absolute Gasteiger partial charge is 0.486 e. The minimum absolute atomic E-state index is 0.118. The predicted molar refractivity (Wildman–Crippen MR) is 95.7 cm³/mol. The van der Waals surface area contributed by atoms with Gasteiger partial charge in [-0.1, -0.05) is 24.6 Å². The summed E-state index contributed by atoms with van der Waals surface area (Å²) >= 11 is 0. The molecule has 2 aliphatic rings. The highest BCUT2D eigenvalue weighted by Gasteiger charge is 2.40. The van der Waals surface area contributed by atoms with E-state index in [1.165, 1.54) is 19.3 Å². The van der Waals surface area contributed by atoms with Crippen molar-refractivity contribution in [2.75, 3.05) is 6.54 Å². The van der Waals surface area contributed by atoms with E-state index in [-0.39, 0.29) is 11.8 Å². The Morgan fingerprint density at radius 1 is 1.21 bits per heavy atom. The molecule has 1 amide bonds. The molecule has 4 nitrogen and oxygen atoms in total. The number of para-hydroxylation sites is 1. The van der Waals surface area contributed by atoms with Gasteiger partial charge in [-0.05, 0) is 63.5 Å². The Morgan fingerprint density at radius 3 is 2.46 bits per heavy atom. The maximum absolute atomic E-state index is 12.6. The monoisotopic (exact) mass is 330 g/mol. The van der Waals surface area contributed by atoms with Crippen LogP contribution in [0.3, 0.4) is 0 Å². The first-order valence-corrected chi connectivity index (χ1v) is 9.22. The molecule has 0 aromatic heterocycles. The Morgan fingerprint density at radius 2 is 1.83 bits per heavy atom. The van der Waals surface area contributed by atoms with Crippen LogP contribution >= 0.6 is 0 Å². The summed E-state index contributed by atoms with van der Waals surface area (Å²) in [7, 11) is 0. The summed E-state index contributed by atoms with van der Waals surface area (Å²) in [6.07, 6.45) is 5.54. The first kappa shape index (κ1) is 17.3. The molecular formula is C20H30N2O2. The fraction of sp³-hybridized carbons (Fsp3) is 0.650. The molecule has 2 unspecified atom stereocenters. The van der Waals surface area contributed by atoms with E-state index in [4.69, 9.17) is 10.5 Å². The molecule has 3 N–H and O–H groups in total. The van der Waals surface area contributed by atoms with E-state index in [0.717, 1.165) is 18.6 Å². The maximum atomic E-state index is 12.6. The van der Waals surface area contributed by atoms with Crippen molar-refractivity contribution in [2.24, 2.45) is 23.5 Å². The van der Waals surface area contributed by atoms with Gasteiger partial charge in [0.05, 0.1) is 6.54 Å². The van der Waals surface area contributed by atoms with Gasteiger partial charge in [0.15, 0.2) is 0 Å². The number of carbonyl (C=O) groups is 1. The summed E-state index contributed by atoms with van der Waals surface area (Å²) in [6.45, 7) is 4.52. The predicted octanol–water partition coefficient (Wildman–Crippen LogP) is 3.11. The molecule has 2 saturated carbocycles. The van der Waals surface area contributed by atoms with Gasteiger partial charge in [0, 0.05) is 12.0 Å². The molecular weight excluding hydrogens is 300 g/mol. The van der Waals surface area contributed by atoms with Crippen LogP contribution in [0.25, 0.3) is 0 Å². The van der Waals surface area contributed by atoms with Gasteiger partial charge in [0.1, 0.15) is 11.4 Å². The van der Waals surface area contributed by atoms with Crippen LogP contribution < -0.4 is 15.8 Å². The molecule has 1 aromatic rings. The van der Waals surface area contributed by atoms with Crippen LogP contribution in [0, 0.1) is 17.8 Å². The zero-order chi connectivity index (χ0) is 17.2. The Bertz CT molecular complexity index is 544. The summed E-state index contributed by atoms with van der Waals surface area (Å²) in [4.78, 5) is 12.6. The first-order chi connectivity index (χ1) is 11.4. The standard InChI is InChI=1S/C20H30N2O2/c1-20(2,24-17-9-4-3-5-10-17)13-22-19(23)16-11-14-7-6-8-15(12-16)18(14)21/h3-5,9-10,14-16,18H,6-8,11-13,21H2,1-2H3,(H,22,23). The van der Waals surface area contributed by atoms with E-state index in [9.17, 15) is 4.79 Å². The highest BCUT2D eigenvalue weighted by atomic mass is 16.5. The van der Waals surface area contributed by atoms with Crippen molar-refractivity contribution in [3.63, 3.8) is 0 Å². The molecule has 2 aliphatic carbocycles. The van der Waals surface area contributed by atoms with Gasteiger partial charge in [-0.3, -0.25) is 4.79 Å². The molecule has 2 atom stereocenters. The first-order valence-electron chi connectivity index (χ1n) is 9.22. The van der Waals surface area contributed by atoms with Crippen LogP contribution in [-0.2, 0) is 4.79 Å². The van der Waals surface area contributed by atoms with E-state index in [1.54, 1.807) is 0 Å². The SMILES string of the molecule is CC(C)(CNC(=O)C1CC2CCCC(C1)C2N)Oc1ccccc1. The third-order valence-electron chi connectivity index (χ3n) is 5.61. The number of benzene rings is 1. The van der Waals surface area contributed by atoms with Crippen molar-refractivity contribution < 1.29 is 9.53 Å². The average Bonchev–Trinajstić information content (AvgIpc) is 2.53. The summed E-state index contributed by atoms with van der Waals surface area (Å²) in [5.74, 6) is 2.18. The van der Waals surface area contributed by atoms with Gasteiger partial charge >= 0.3 is 0 Å². The Balaban J connectivity index is 1.51. The molecule has 0 aliphatic heterocycles. The van der Waals surface area contributed by atoms with E-state index in [2.05, 4.69) is 5.32 Å². The van der Waals surface area contributed by atoms with Gasteiger partial charge in [0.2, 0.25) is 5.91 Å². The van der Waals surface area contributed by atoms with Crippen LogP contribution in [0.15, 0.2) is 30.3 Å². The second kappa shape index (κ2) is 7.14. The summed E-state index contributed by atoms with van der Waals surface area (Å²) in [5.41, 5.74) is 5.89. The molecule has 0 heterocycles. The lowest BCUT2D eigenvalue weighted by Crippen LogP contribution is -2.50. The molecule has 2 fully saturated rings. The van der Waals surface area contributed by atoms with Crippen LogP contribution in [-0.4, -0.2) is 24.1 Å². The fourth-order valence-electron chi connectivity index (χ4n) is 4.29. The van der Waals surface area contributed by atoms with Gasteiger partial charge in [-0.2, -0.15) is 0 Å². The number of nitrogens with one attached hydrogen (secondary N) is 1. The molecule has 3 rings (SSSR count). The summed E-state index contributed by atoms with van der Waals surface area (Å²) < 4.78 is 6.00. The Hall–Kier alpha value is -1.55. The normalized spacial score (nSPS) is 29.8. The Labute approximate surface area is 145 Å². The molecule has 2 bridgehead atoms. The van der Waals surface area contributed by atoms with Crippen molar-refractivity contribution in [2.45, 2.75) is 57.6 Å². The number of hydrogen-bond acceptors (Lipinski definition) is 3. The second-order valence-corrected chi connectivity index (χ2v) is 8.09. The van der Waals surface area contributed by atoms with Crippen LogP contribution in [0.2, 0.25) is 0 Å². The smallest absolute Gasteiger partial charge is 0.223 e. The molecule has 1 aromatic carbocycles. The van der Waals surface area contributed by atoms with Gasteiger partial charge in [-0.15, -0.1) is 0 Å². The van der Waals surface area contributed by atoms with Crippen LogP contribution in [0.5, 0.6) is 5.75 Å². The van der Waals surface area contributed by atoms with E-state index >= 15 is 0 Å². The third kappa shape index (κ3) is 4.10. The van der Waals surface area contributed by atoms with Gasteiger partial charge in [-0.25, -0.2) is 0 Å². The lowest BCUT2D eigenvalue weighted by molar-refractivity contribution is -0.128. The summed E-state index contributed by atoms with van der Waals surface area (Å²) in [5, 5.41) is 3.11. The van der Waals surface area contributed by atoms with Crippen molar-refractivity contribution in [3.8, 4) is 5.75 Å². The molecule has 0 saturated heterocycles. The maximum Gasteiger partial charge on any atom is 0.223 e. The highest BCUT2D eigenvalue weighted by Crippen LogP contribution is 2.41. The molecule has 132 valence electrons. The number of amides is 1. The van der Waals surface area contributed by atoms with Crippen molar-refractivity contribution in [3.05, 3.63) is 30.3 Å². The van der Waals surface area contributed by atoms with Gasteiger partial charge in [0.25, 0.3) is 0 Å². The number of fused-ring (bicyclic) bond motifs is 2. The van der Waals surface area contributed by atoms with Crippen molar-refractivity contribution in [1.82, 2.24) is 5.32 Å². The zero-order valence-electron chi connectivity index (χ0n) is 14.8. The molecule has 4 heteroatoms. The molecule has 24 heavy (non-hydrogen) atoms.